The maximum Gasteiger partial charge on any atom is 0.129 e. The molecule has 0 aliphatic heterocycles. The third kappa shape index (κ3) is 4.97. The molecule has 2 rings (SSSR count). The van der Waals surface area contributed by atoms with Crippen LogP contribution in [0, 0.1) is 5.92 Å². The van der Waals surface area contributed by atoms with E-state index in [1.165, 1.54) is 32.1 Å². The van der Waals surface area contributed by atoms with E-state index in [0.29, 0.717) is 24.3 Å². The molecule has 2 unspecified atom stereocenters. The quantitative estimate of drug-likeness (QED) is 0.616. The van der Waals surface area contributed by atoms with E-state index in [1.54, 1.807) is 0 Å². The summed E-state index contributed by atoms with van der Waals surface area (Å²) < 4.78 is 11.7. The van der Waals surface area contributed by atoms with Gasteiger partial charge in [-0.05, 0) is 30.9 Å². The van der Waals surface area contributed by atoms with Gasteiger partial charge in [-0.2, -0.15) is 0 Å². The van der Waals surface area contributed by atoms with Crippen LogP contribution in [0.4, 0.5) is 0 Å². The minimum atomic E-state index is 0.365. The predicted molar refractivity (Wildman–Crippen MR) is 89.8 cm³/mol. The number of hydrogen-bond acceptors (Lipinski definition) is 3. The SMILES string of the molecule is CCC1CCCC(OCCOc2ccccc2C(N)=S)C1. The summed E-state index contributed by atoms with van der Waals surface area (Å²) in [5.74, 6) is 1.57. The van der Waals surface area contributed by atoms with Crippen molar-refractivity contribution in [2.45, 2.75) is 45.1 Å². The average molecular weight is 307 g/mol. The second-order valence-corrected chi connectivity index (χ2v) is 6.08. The second-order valence-electron chi connectivity index (χ2n) is 5.64. The third-order valence-electron chi connectivity index (χ3n) is 4.16. The zero-order chi connectivity index (χ0) is 15.1. The summed E-state index contributed by atoms with van der Waals surface area (Å²) in [6.45, 7) is 3.42. The van der Waals surface area contributed by atoms with E-state index in [1.807, 2.05) is 24.3 Å². The van der Waals surface area contributed by atoms with Gasteiger partial charge >= 0.3 is 0 Å². The molecule has 1 aromatic carbocycles. The second kappa shape index (κ2) is 8.35. The summed E-state index contributed by atoms with van der Waals surface area (Å²) in [6.07, 6.45) is 6.68. The van der Waals surface area contributed by atoms with E-state index >= 15 is 0 Å². The molecule has 1 saturated carbocycles. The number of ether oxygens (including phenoxy) is 2. The van der Waals surface area contributed by atoms with Gasteiger partial charge in [0.2, 0.25) is 0 Å². The molecule has 1 fully saturated rings. The Morgan fingerprint density at radius 3 is 2.86 bits per heavy atom. The van der Waals surface area contributed by atoms with E-state index in [9.17, 15) is 0 Å². The molecule has 0 aromatic heterocycles. The molecule has 4 heteroatoms. The molecule has 0 radical (unpaired) electrons. The van der Waals surface area contributed by atoms with Crippen molar-refractivity contribution in [3.05, 3.63) is 29.8 Å². The Morgan fingerprint density at radius 2 is 2.10 bits per heavy atom. The fraction of sp³-hybridized carbons (Fsp3) is 0.588. The Bertz CT molecular complexity index is 464. The predicted octanol–water partition coefficient (Wildman–Crippen LogP) is 3.69. The number of benzene rings is 1. The minimum Gasteiger partial charge on any atom is -0.490 e. The molecule has 0 spiro atoms. The van der Waals surface area contributed by atoms with Crippen LogP contribution in [0.25, 0.3) is 0 Å². The molecule has 116 valence electrons. The lowest BCUT2D eigenvalue weighted by Gasteiger charge is -2.28. The normalized spacial score (nSPS) is 22.0. The van der Waals surface area contributed by atoms with Crippen molar-refractivity contribution in [2.24, 2.45) is 11.7 Å². The minimum absolute atomic E-state index is 0.365. The largest absolute Gasteiger partial charge is 0.490 e. The Balaban J connectivity index is 1.74. The van der Waals surface area contributed by atoms with E-state index in [4.69, 9.17) is 27.4 Å². The van der Waals surface area contributed by atoms with E-state index < -0.39 is 0 Å². The van der Waals surface area contributed by atoms with E-state index in [0.717, 1.165) is 17.2 Å². The van der Waals surface area contributed by atoms with Crippen LogP contribution in [0.1, 0.15) is 44.6 Å². The Hall–Kier alpha value is -1.13. The maximum absolute atomic E-state index is 5.95. The van der Waals surface area contributed by atoms with Crippen LogP contribution < -0.4 is 10.5 Å². The number of hydrogen-bond donors (Lipinski definition) is 1. The lowest BCUT2D eigenvalue weighted by molar-refractivity contribution is -0.000675. The lowest BCUT2D eigenvalue weighted by Crippen LogP contribution is -2.24. The molecule has 0 bridgehead atoms. The number of para-hydroxylation sites is 1. The van der Waals surface area contributed by atoms with Gasteiger partial charge in [-0.25, -0.2) is 0 Å². The van der Waals surface area contributed by atoms with Crippen molar-refractivity contribution in [3.63, 3.8) is 0 Å². The zero-order valence-corrected chi connectivity index (χ0v) is 13.5. The fourth-order valence-electron chi connectivity index (χ4n) is 2.93. The highest BCUT2D eigenvalue weighted by Crippen LogP contribution is 2.28. The molecule has 2 atom stereocenters. The van der Waals surface area contributed by atoms with Crippen molar-refractivity contribution in [2.75, 3.05) is 13.2 Å². The van der Waals surface area contributed by atoms with Crippen LogP contribution >= 0.6 is 12.2 Å². The molecular weight excluding hydrogens is 282 g/mol. The van der Waals surface area contributed by atoms with Gasteiger partial charge in [0.1, 0.15) is 17.3 Å². The lowest BCUT2D eigenvalue weighted by atomic mass is 9.85. The van der Waals surface area contributed by atoms with Gasteiger partial charge in [-0.1, -0.05) is 50.5 Å². The van der Waals surface area contributed by atoms with Gasteiger partial charge in [0.05, 0.1) is 18.3 Å². The number of rotatable bonds is 7. The first-order chi connectivity index (χ1) is 10.2. The van der Waals surface area contributed by atoms with Crippen LogP contribution in [-0.2, 0) is 4.74 Å². The van der Waals surface area contributed by atoms with Crippen LogP contribution in [-0.4, -0.2) is 24.3 Å². The molecule has 0 amide bonds. The van der Waals surface area contributed by atoms with Crippen LogP contribution in [0.3, 0.4) is 0 Å². The summed E-state index contributed by atoms with van der Waals surface area (Å²) in [4.78, 5) is 0.365. The van der Waals surface area contributed by atoms with Crippen molar-refractivity contribution in [1.29, 1.82) is 0 Å². The van der Waals surface area contributed by atoms with Gasteiger partial charge in [0.25, 0.3) is 0 Å². The summed E-state index contributed by atoms with van der Waals surface area (Å²) in [5.41, 5.74) is 6.47. The van der Waals surface area contributed by atoms with Crippen molar-refractivity contribution in [3.8, 4) is 5.75 Å². The molecule has 21 heavy (non-hydrogen) atoms. The van der Waals surface area contributed by atoms with Gasteiger partial charge in [0, 0.05) is 0 Å². The monoisotopic (exact) mass is 307 g/mol. The zero-order valence-electron chi connectivity index (χ0n) is 12.7. The maximum atomic E-state index is 5.95. The highest BCUT2D eigenvalue weighted by molar-refractivity contribution is 7.80. The van der Waals surface area contributed by atoms with Gasteiger partial charge in [0.15, 0.2) is 0 Å². The van der Waals surface area contributed by atoms with Crippen LogP contribution in [0.5, 0.6) is 5.75 Å². The van der Waals surface area contributed by atoms with Crippen LogP contribution in [0.2, 0.25) is 0 Å². The summed E-state index contributed by atoms with van der Waals surface area (Å²) >= 11 is 5.02. The number of nitrogens with two attached hydrogens (primary N) is 1. The molecule has 0 saturated heterocycles. The number of thiocarbonyl (C=S) groups is 1. The molecule has 0 heterocycles. The molecule has 3 nitrogen and oxygen atoms in total. The highest BCUT2D eigenvalue weighted by Gasteiger charge is 2.21. The molecule has 1 aliphatic rings. The van der Waals surface area contributed by atoms with Gasteiger partial charge < -0.3 is 15.2 Å². The van der Waals surface area contributed by atoms with E-state index in [2.05, 4.69) is 6.92 Å². The van der Waals surface area contributed by atoms with Crippen molar-refractivity contribution in [1.82, 2.24) is 0 Å². The average Bonchev–Trinajstić information content (AvgIpc) is 2.52. The first-order valence-electron chi connectivity index (χ1n) is 7.84. The summed E-state index contributed by atoms with van der Waals surface area (Å²) in [6, 6.07) is 7.60. The Labute approximate surface area is 132 Å². The first-order valence-corrected chi connectivity index (χ1v) is 8.24. The molecule has 1 aromatic rings. The Kier molecular flexibility index (Phi) is 6.46. The summed E-state index contributed by atoms with van der Waals surface area (Å²) in [7, 11) is 0. The van der Waals surface area contributed by atoms with Crippen LogP contribution in [0.15, 0.2) is 24.3 Å². The van der Waals surface area contributed by atoms with E-state index in [-0.39, 0.29) is 0 Å². The van der Waals surface area contributed by atoms with Crippen molar-refractivity contribution >= 4 is 17.2 Å². The standard InChI is InChI=1S/C17H25NO2S/c1-2-13-6-5-7-14(12-13)19-10-11-20-16-9-4-3-8-15(16)17(18)21/h3-4,8-9,13-14H,2,5-7,10-12H2,1H3,(H2,18,21). The fourth-order valence-corrected chi connectivity index (χ4v) is 3.09. The Morgan fingerprint density at radius 1 is 1.29 bits per heavy atom. The first kappa shape index (κ1) is 16.2. The third-order valence-corrected chi connectivity index (χ3v) is 4.38. The van der Waals surface area contributed by atoms with Gasteiger partial charge in [-0.15, -0.1) is 0 Å². The van der Waals surface area contributed by atoms with Crippen molar-refractivity contribution < 1.29 is 9.47 Å². The smallest absolute Gasteiger partial charge is 0.129 e. The molecule has 2 N–H and O–H groups in total. The molecule has 1 aliphatic carbocycles. The summed E-state index contributed by atoms with van der Waals surface area (Å²) in [5, 5.41) is 0. The molecular formula is C17H25NO2S. The van der Waals surface area contributed by atoms with Gasteiger partial charge in [-0.3, -0.25) is 0 Å². The highest BCUT2D eigenvalue weighted by atomic mass is 32.1. The topological polar surface area (TPSA) is 44.5 Å².